The number of rotatable bonds is 4. The molecule has 1 rings (SSSR count). The van der Waals surface area contributed by atoms with Gasteiger partial charge in [0.2, 0.25) is 0 Å². The van der Waals surface area contributed by atoms with E-state index in [4.69, 9.17) is 24.3 Å². The van der Waals surface area contributed by atoms with Gasteiger partial charge in [-0.15, -0.1) is 0 Å². The molecule has 0 aliphatic heterocycles. The number of aliphatic hydroxyl groups is 2. The van der Waals surface area contributed by atoms with Crippen molar-refractivity contribution in [2.24, 2.45) is 0 Å². The van der Waals surface area contributed by atoms with Crippen molar-refractivity contribution in [3.63, 3.8) is 0 Å². The summed E-state index contributed by atoms with van der Waals surface area (Å²) in [6.07, 6.45) is -3.01. The standard InChI is InChI=1S/C8H18O9P2/c1-8(18(11,12)13,19(14,15)16)17-7-3-2-5(9)4-6(7)10/h5-7,9-10H,2-4H2,1H3,(H2,11,12,13)(H2,14,15,16)/t5-,6+,7-/m1/s1. The smallest absolute Gasteiger partial charge is 0.369 e. The topological polar surface area (TPSA) is 165 Å². The van der Waals surface area contributed by atoms with Crippen molar-refractivity contribution in [2.75, 3.05) is 0 Å². The van der Waals surface area contributed by atoms with Crippen LogP contribution >= 0.6 is 15.2 Å². The quantitative estimate of drug-likeness (QED) is 0.367. The Balaban J connectivity index is 2.98. The minimum Gasteiger partial charge on any atom is -0.393 e. The Morgan fingerprint density at radius 1 is 1.05 bits per heavy atom. The van der Waals surface area contributed by atoms with Crippen LogP contribution in [-0.4, -0.2) is 53.2 Å². The molecule has 114 valence electrons. The minimum absolute atomic E-state index is 0.0396. The highest BCUT2D eigenvalue weighted by atomic mass is 31.2. The van der Waals surface area contributed by atoms with E-state index in [1.807, 2.05) is 0 Å². The molecule has 0 aromatic rings. The number of ether oxygens (including phenoxy) is 1. The van der Waals surface area contributed by atoms with Gasteiger partial charge in [-0.3, -0.25) is 9.13 Å². The molecule has 1 aliphatic rings. The average molecular weight is 320 g/mol. The summed E-state index contributed by atoms with van der Waals surface area (Å²) < 4.78 is 27.5. The summed E-state index contributed by atoms with van der Waals surface area (Å²) in [5, 5.41) is 15.9. The maximum absolute atomic E-state index is 11.3. The third-order valence-corrected chi connectivity index (χ3v) is 7.12. The van der Waals surface area contributed by atoms with E-state index < -0.39 is 38.6 Å². The molecule has 0 unspecified atom stereocenters. The van der Waals surface area contributed by atoms with Crippen LogP contribution in [0.15, 0.2) is 0 Å². The molecule has 1 fully saturated rings. The van der Waals surface area contributed by atoms with Gasteiger partial charge < -0.3 is 34.5 Å². The fraction of sp³-hybridized carbons (Fsp3) is 1.00. The Morgan fingerprint density at radius 3 is 1.89 bits per heavy atom. The summed E-state index contributed by atoms with van der Waals surface area (Å²) in [4.78, 5) is 36.4. The van der Waals surface area contributed by atoms with E-state index in [-0.39, 0.29) is 19.3 Å². The molecule has 1 aliphatic carbocycles. The number of hydrogen-bond donors (Lipinski definition) is 6. The van der Waals surface area contributed by atoms with Crippen LogP contribution in [0, 0.1) is 0 Å². The lowest BCUT2D eigenvalue weighted by molar-refractivity contribution is -0.111. The molecule has 3 atom stereocenters. The van der Waals surface area contributed by atoms with Gasteiger partial charge in [-0.1, -0.05) is 0 Å². The van der Waals surface area contributed by atoms with Crippen LogP contribution in [0.25, 0.3) is 0 Å². The molecule has 0 bridgehead atoms. The first-order valence-corrected chi connectivity index (χ1v) is 8.76. The van der Waals surface area contributed by atoms with Crippen LogP contribution in [0.5, 0.6) is 0 Å². The van der Waals surface area contributed by atoms with Crippen molar-refractivity contribution >= 4 is 15.2 Å². The first-order chi connectivity index (χ1) is 8.38. The van der Waals surface area contributed by atoms with Crippen molar-refractivity contribution < 1.29 is 43.7 Å². The lowest BCUT2D eigenvalue weighted by atomic mass is 9.92. The zero-order valence-corrected chi connectivity index (χ0v) is 11.9. The normalized spacial score (nSPS) is 30.4. The second-order valence-electron chi connectivity index (χ2n) is 4.71. The molecule has 0 radical (unpaired) electrons. The number of aliphatic hydroxyl groups excluding tert-OH is 2. The van der Waals surface area contributed by atoms with Gasteiger partial charge in [0.25, 0.3) is 5.08 Å². The third kappa shape index (κ3) is 3.64. The molecule has 0 saturated heterocycles. The Hall–Kier alpha value is 0.180. The Labute approximate surface area is 109 Å². The molecular formula is C8H18O9P2. The van der Waals surface area contributed by atoms with Gasteiger partial charge in [0.15, 0.2) is 0 Å². The summed E-state index contributed by atoms with van der Waals surface area (Å²) in [6.45, 7) is 0.617. The van der Waals surface area contributed by atoms with E-state index in [0.717, 1.165) is 0 Å². The van der Waals surface area contributed by atoms with Gasteiger partial charge in [-0.25, -0.2) is 0 Å². The van der Waals surface area contributed by atoms with Crippen LogP contribution in [0.3, 0.4) is 0 Å². The van der Waals surface area contributed by atoms with Gasteiger partial charge in [0.1, 0.15) is 0 Å². The van der Waals surface area contributed by atoms with Crippen molar-refractivity contribution in [1.82, 2.24) is 0 Å². The fourth-order valence-electron chi connectivity index (χ4n) is 1.83. The van der Waals surface area contributed by atoms with Gasteiger partial charge >= 0.3 is 15.2 Å². The van der Waals surface area contributed by atoms with E-state index in [1.165, 1.54) is 0 Å². The van der Waals surface area contributed by atoms with Crippen LogP contribution in [0.2, 0.25) is 0 Å². The predicted molar refractivity (Wildman–Crippen MR) is 63.2 cm³/mol. The van der Waals surface area contributed by atoms with Crippen LogP contribution in [0.1, 0.15) is 26.2 Å². The van der Waals surface area contributed by atoms with Crippen molar-refractivity contribution in [3.8, 4) is 0 Å². The average Bonchev–Trinajstić information content (AvgIpc) is 2.18. The van der Waals surface area contributed by atoms with Crippen molar-refractivity contribution in [3.05, 3.63) is 0 Å². The summed E-state index contributed by atoms with van der Waals surface area (Å²) in [6, 6.07) is 0. The SMILES string of the molecule is CC(O[C@@H]1CC[C@@H](O)C[C@@H]1O)(P(=O)(O)O)P(=O)(O)O. The lowest BCUT2D eigenvalue weighted by Gasteiger charge is -2.38. The Morgan fingerprint density at radius 2 is 1.53 bits per heavy atom. The van der Waals surface area contributed by atoms with Crippen LogP contribution < -0.4 is 0 Å². The molecule has 0 aromatic carbocycles. The molecule has 19 heavy (non-hydrogen) atoms. The molecular weight excluding hydrogens is 302 g/mol. The van der Waals surface area contributed by atoms with Crippen LogP contribution in [0.4, 0.5) is 0 Å². The van der Waals surface area contributed by atoms with E-state index in [9.17, 15) is 19.3 Å². The summed E-state index contributed by atoms with van der Waals surface area (Å²) >= 11 is 0. The molecule has 0 amide bonds. The second-order valence-corrected chi connectivity index (χ2v) is 8.95. The fourth-order valence-corrected chi connectivity index (χ4v) is 3.73. The zero-order valence-electron chi connectivity index (χ0n) is 10.2. The molecule has 0 aromatic heterocycles. The van der Waals surface area contributed by atoms with E-state index in [0.29, 0.717) is 6.92 Å². The predicted octanol–water partition coefficient (Wildman–Crippen LogP) is -0.694. The molecule has 0 spiro atoms. The number of hydrogen-bond acceptors (Lipinski definition) is 5. The first-order valence-electron chi connectivity index (χ1n) is 5.53. The van der Waals surface area contributed by atoms with Crippen molar-refractivity contribution in [1.29, 1.82) is 0 Å². The molecule has 9 nitrogen and oxygen atoms in total. The molecule has 1 saturated carbocycles. The zero-order chi connectivity index (χ0) is 15.1. The van der Waals surface area contributed by atoms with Crippen LogP contribution in [-0.2, 0) is 13.9 Å². The van der Waals surface area contributed by atoms with E-state index >= 15 is 0 Å². The second kappa shape index (κ2) is 5.52. The van der Waals surface area contributed by atoms with Gasteiger partial charge in [-0.05, 0) is 19.8 Å². The maximum atomic E-state index is 11.3. The highest BCUT2D eigenvalue weighted by molar-refractivity contribution is 7.72. The summed E-state index contributed by atoms with van der Waals surface area (Å²) in [5.74, 6) is 0. The largest absolute Gasteiger partial charge is 0.393 e. The van der Waals surface area contributed by atoms with Gasteiger partial charge in [0.05, 0.1) is 18.3 Å². The van der Waals surface area contributed by atoms with Crippen molar-refractivity contribution in [2.45, 2.75) is 49.6 Å². The highest BCUT2D eigenvalue weighted by Crippen LogP contribution is 2.69. The Bertz CT molecular complexity index is 390. The third-order valence-electron chi connectivity index (χ3n) is 3.18. The molecule has 6 N–H and O–H groups in total. The molecule has 11 heteroatoms. The summed E-state index contributed by atoms with van der Waals surface area (Å²) in [5.41, 5.74) is 0. The Kier molecular flexibility index (Phi) is 5.01. The van der Waals surface area contributed by atoms with E-state index in [2.05, 4.69) is 0 Å². The van der Waals surface area contributed by atoms with E-state index in [1.54, 1.807) is 0 Å². The van der Waals surface area contributed by atoms with Gasteiger partial charge in [0, 0.05) is 6.42 Å². The highest BCUT2D eigenvalue weighted by Gasteiger charge is 2.59. The minimum atomic E-state index is -5.28. The lowest BCUT2D eigenvalue weighted by Crippen LogP contribution is -2.43. The monoisotopic (exact) mass is 320 g/mol. The first kappa shape index (κ1) is 17.2. The maximum Gasteiger partial charge on any atom is 0.369 e. The summed E-state index contributed by atoms with van der Waals surface area (Å²) in [7, 11) is -10.6. The molecule has 0 heterocycles. The van der Waals surface area contributed by atoms with Gasteiger partial charge in [-0.2, -0.15) is 0 Å².